The van der Waals surface area contributed by atoms with Crippen LogP contribution in [0.3, 0.4) is 0 Å². The SMILES string of the molecule is CNC(=O)CCNS(=O)(=O)c1cc(C)cc(N)c1C. The third-order valence-corrected chi connectivity index (χ3v) is 4.34. The van der Waals surface area contributed by atoms with E-state index in [4.69, 9.17) is 5.73 Å². The summed E-state index contributed by atoms with van der Waals surface area (Å²) in [5.74, 6) is -0.219. The van der Waals surface area contributed by atoms with Crippen molar-refractivity contribution in [3.8, 4) is 0 Å². The molecule has 0 spiro atoms. The molecule has 0 aliphatic carbocycles. The predicted molar refractivity (Wildman–Crippen MR) is 74.2 cm³/mol. The maximum absolute atomic E-state index is 12.1. The van der Waals surface area contributed by atoms with Gasteiger partial charge in [0.15, 0.2) is 0 Å². The van der Waals surface area contributed by atoms with Crippen LogP contribution in [0.2, 0.25) is 0 Å². The van der Waals surface area contributed by atoms with Crippen LogP contribution in [-0.4, -0.2) is 27.9 Å². The van der Waals surface area contributed by atoms with E-state index >= 15 is 0 Å². The predicted octanol–water partition coefficient (Wildman–Crippen LogP) is 0.300. The summed E-state index contributed by atoms with van der Waals surface area (Å²) < 4.78 is 26.6. The Morgan fingerprint density at radius 3 is 2.53 bits per heavy atom. The van der Waals surface area contributed by atoms with E-state index in [9.17, 15) is 13.2 Å². The van der Waals surface area contributed by atoms with Crippen molar-refractivity contribution in [2.45, 2.75) is 25.2 Å². The van der Waals surface area contributed by atoms with Crippen LogP contribution in [0.4, 0.5) is 5.69 Å². The van der Waals surface area contributed by atoms with E-state index in [0.717, 1.165) is 5.56 Å². The van der Waals surface area contributed by atoms with Gasteiger partial charge in [-0.2, -0.15) is 0 Å². The van der Waals surface area contributed by atoms with E-state index in [0.29, 0.717) is 11.3 Å². The second-order valence-corrected chi connectivity index (χ2v) is 6.03. The molecule has 0 unspecified atom stereocenters. The summed E-state index contributed by atoms with van der Waals surface area (Å²) in [6, 6.07) is 3.28. The Kier molecular flexibility index (Phi) is 4.90. The summed E-state index contributed by atoms with van der Waals surface area (Å²) in [6.45, 7) is 3.48. The zero-order valence-corrected chi connectivity index (χ0v) is 12.1. The van der Waals surface area contributed by atoms with Crippen LogP contribution in [0.25, 0.3) is 0 Å². The number of nitrogens with two attached hydrogens (primary N) is 1. The summed E-state index contributed by atoms with van der Waals surface area (Å²) in [5.41, 5.74) is 7.48. The molecule has 1 amide bonds. The first-order chi connectivity index (χ1) is 8.77. The maximum atomic E-state index is 12.1. The summed E-state index contributed by atoms with van der Waals surface area (Å²) in [5, 5.41) is 2.43. The molecule has 1 rings (SSSR count). The van der Waals surface area contributed by atoms with Crippen LogP contribution in [0.15, 0.2) is 17.0 Å². The molecule has 0 aliphatic heterocycles. The number of rotatable bonds is 5. The van der Waals surface area contributed by atoms with Gasteiger partial charge in [0.25, 0.3) is 0 Å². The molecule has 0 saturated heterocycles. The molecule has 0 aromatic heterocycles. The van der Waals surface area contributed by atoms with Crippen molar-refractivity contribution in [2.24, 2.45) is 0 Å². The fraction of sp³-hybridized carbons (Fsp3) is 0.417. The van der Waals surface area contributed by atoms with Crippen molar-refractivity contribution in [3.63, 3.8) is 0 Å². The molecule has 7 heteroatoms. The highest BCUT2D eigenvalue weighted by atomic mass is 32.2. The first-order valence-electron chi connectivity index (χ1n) is 5.85. The van der Waals surface area contributed by atoms with E-state index in [1.165, 1.54) is 7.05 Å². The molecular formula is C12H19N3O3S. The number of carbonyl (C=O) groups excluding carboxylic acids is 1. The second-order valence-electron chi connectivity index (χ2n) is 4.30. The van der Waals surface area contributed by atoms with Crippen molar-refractivity contribution in [1.29, 1.82) is 0 Å². The number of sulfonamides is 1. The molecule has 0 heterocycles. The molecule has 106 valence electrons. The molecule has 19 heavy (non-hydrogen) atoms. The zero-order chi connectivity index (χ0) is 14.6. The van der Waals surface area contributed by atoms with Crippen molar-refractivity contribution in [2.75, 3.05) is 19.3 Å². The fourth-order valence-corrected chi connectivity index (χ4v) is 3.02. The van der Waals surface area contributed by atoms with Gasteiger partial charge in [0.05, 0.1) is 4.90 Å². The van der Waals surface area contributed by atoms with Gasteiger partial charge >= 0.3 is 0 Å². The third-order valence-electron chi connectivity index (χ3n) is 2.76. The Morgan fingerprint density at radius 2 is 1.95 bits per heavy atom. The summed E-state index contributed by atoms with van der Waals surface area (Å²) >= 11 is 0. The molecule has 6 nitrogen and oxygen atoms in total. The van der Waals surface area contributed by atoms with Gasteiger partial charge in [-0.05, 0) is 37.1 Å². The lowest BCUT2D eigenvalue weighted by Crippen LogP contribution is -2.29. The zero-order valence-electron chi connectivity index (χ0n) is 11.3. The van der Waals surface area contributed by atoms with Gasteiger partial charge < -0.3 is 11.1 Å². The lowest BCUT2D eigenvalue weighted by Gasteiger charge is -2.12. The summed E-state index contributed by atoms with van der Waals surface area (Å²) in [7, 11) is -2.15. The van der Waals surface area contributed by atoms with Gasteiger partial charge in [0.1, 0.15) is 0 Å². The minimum Gasteiger partial charge on any atom is -0.398 e. The summed E-state index contributed by atoms with van der Waals surface area (Å²) in [6.07, 6.45) is 0.0933. The number of hydrogen-bond donors (Lipinski definition) is 3. The molecule has 0 radical (unpaired) electrons. The van der Waals surface area contributed by atoms with Gasteiger partial charge in [-0.3, -0.25) is 4.79 Å². The van der Waals surface area contributed by atoms with Gasteiger partial charge in [-0.1, -0.05) is 0 Å². The lowest BCUT2D eigenvalue weighted by molar-refractivity contribution is -0.120. The maximum Gasteiger partial charge on any atom is 0.240 e. The third kappa shape index (κ3) is 3.93. The van der Waals surface area contributed by atoms with Gasteiger partial charge in [0, 0.05) is 25.7 Å². The fourth-order valence-electron chi connectivity index (χ4n) is 1.63. The Hall–Kier alpha value is -1.60. The Morgan fingerprint density at radius 1 is 1.32 bits per heavy atom. The van der Waals surface area contributed by atoms with E-state index in [-0.39, 0.29) is 23.8 Å². The number of carbonyl (C=O) groups is 1. The number of aryl methyl sites for hydroxylation is 1. The normalized spacial score (nSPS) is 11.3. The van der Waals surface area contributed by atoms with Gasteiger partial charge in [-0.25, -0.2) is 13.1 Å². The molecule has 4 N–H and O–H groups in total. The van der Waals surface area contributed by atoms with Crippen LogP contribution in [0, 0.1) is 13.8 Å². The quantitative estimate of drug-likeness (QED) is 0.677. The second kappa shape index (κ2) is 6.03. The van der Waals surface area contributed by atoms with Crippen LogP contribution >= 0.6 is 0 Å². The van der Waals surface area contributed by atoms with E-state index in [2.05, 4.69) is 10.0 Å². The highest BCUT2D eigenvalue weighted by molar-refractivity contribution is 7.89. The number of nitrogen functional groups attached to an aromatic ring is 1. The number of hydrogen-bond acceptors (Lipinski definition) is 4. The molecule has 1 aromatic carbocycles. The Bertz CT molecular complexity index is 582. The highest BCUT2D eigenvalue weighted by Gasteiger charge is 2.18. The average molecular weight is 285 g/mol. The van der Waals surface area contributed by atoms with Crippen LogP contribution in [0.1, 0.15) is 17.5 Å². The molecule has 0 fully saturated rings. The Labute approximate surface area is 113 Å². The molecular weight excluding hydrogens is 266 g/mol. The first-order valence-corrected chi connectivity index (χ1v) is 7.33. The van der Waals surface area contributed by atoms with Crippen molar-refractivity contribution in [3.05, 3.63) is 23.3 Å². The standard InChI is InChI=1S/C12H19N3O3S/c1-8-6-10(13)9(2)11(7-8)19(17,18)15-5-4-12(16)14-3/h6-7,15H,4-5,13H2,1-3H3,(H,14,16). The molecule has 0 atom stereocenters. The van der Waals surface area contributed by atoms with E-state index in [1.807, 2.05) is 0 Å². The number of nitrogens with one attached hydrogen (secondary N) is 2. The first kappa shape index (κ1) is 15.5. The largest absolute Gasteiger partial charge is 0.398 e. The van der Waals surface area contributed by atoms with Crippen molar-refractivity contribution < 1.29 is 13.2 Å². The number of anilines is 1. The number of benzene rings is 1. The highest BCUT2D eigenvalue weighted by Crippen LogP contribution is 2.22. The molecule has 0 aliphatic rings. The minimum absolute atomic E-state index is 0.0509. The van der Waals surface area contributed by atoms with Crippen LogP contribution in [-0.2, 0) is 14.8 Å². The lowest BCUT2D eigenvalue weighted by atomic mass is 10.1. The van der Waals surface area contributed by atoms with Crippen molar-refractivity contribution in [1.82, 2.24) is 10.0 Å². The number of amides is 1. The van der Waals surface area contributed by atoms with Gasteiger partial charge in [0.2, 0.25) is 15.9 Å². The topological polar surface area (TPSA) is 101 Å². The Balaban J connectivity index is 2.92. The minimum atomic E-state index is -3.65. The average Bonchev–Trinajstić information content (AvgIpc) is 2.33. The van der Waals surface area contributed by atoms with Crippen LogP contribution in [0.5, 0.6) is 0 Å². The molecule has 0 saturated carbocycles. The molecule has 1 aromatic rings. The van der Waals surface area contributed by atoms with E-state index in [1.54, 1.807) is 26.0 Å². The smallest absolute Gasteiger partial charge is 0.240 e. The van der Waals surface area contributed by atoms with Gasteiger partial charge in [-0.15, -0.1) is 0 Å². The van der Waals surface area contributed by atoms with Crippen LogP contribution < -0.4 is 15.8 Å². The van der Waals surface area contributed by atoms with E-state index < -0.39 is 10.0 Å². The monoisotopic (exact) mass is 285 g/mol. The van der Waals surface area contributed by atoms with Crippen molar-refractivity contribution >= 4 is 21.6 Å². The molecule has 0 bridgehead atoms. The summed E-state index contributed by atoms with van der Waals surface area (Å²) in [4.78, 5) is 11.2.